The van der Waals surface area contributed by atoms with Crippen LogP contribution in [0.2, 0.25) is 0 Å². The minimum absolute atomic E-state index is 0.284. The minimum atomic E-state index is -1.59. The van der Waals surface area contributed by atoms with E-state index in [9.17, 15) is 18.0 Å². The number of carbonyl (C=O) groups is 1. The highest BCUT2D eigenvalue weighted by Crippen LogP contribution is 2.26. The lowest BCUT2D eigenvalue weighted by molar-refractivity contribution is 0.102. The molecule has 0 saturated carbocycles. The number of amides is 1. The smallest absolute Gasteiger partial charge is 0.255 e. The van der Waals surface area contributed by atoms with Gasteiger partial charge in [0.05, 0.1) is 0 Å². The van der Waals surface area contributed by atoms with Gasteiger partial charge in [0.2, 0.25) is 0 Å². The van der Waals surface area contributed by atoms with Crippen molar-refractivity contribution >= 4 is 27.5 Å². The summed E-state index contributed by atoms with van der Waals surface area (Å²) in [6.07, 6.45) is 0. The Kier molecular flexibility index (Phi) is 4.37. The summed E-state index contributed by atoms with van der Waals surface area (Å²) in [5.41, 5.74) is 1.85. The van der Waals surface area contributed by atoms with Crippen LogP contribution in [0.1, 0.15) is 21.5 Å². The molecule has 2 rings (SSSR count). The first-order valence-electron chi connectivity index (χ1n) is 6.02. The Labute approximate surface area is 128 Å². The lowest BCUT2D eigenvalue weighted by Crippen LogP contribution is -2.15. The Hall–Kier alpha value is -1.82. The molecule has 0 spiro atoms. The van der Waals surface area contributed by atoms with Gasteiger partial charge in [-0.1, -0.05) is 15.9 Å². The highest BCUT2D eigenvalue weighted by atomic mass is 79.9. The van der Waals surface area contributed by atoms with E-state index in [-0.39, 0.29) is 5.56 Å². The standard InChI is InChI=1S/C15H11BrF3NO/c1-7-3-10(16)4-8(2)14(7)20-15(21)9-5-11(17)13(19)12(18)6-9/h3-6H,1-2H3,(H,20,21). The zero-order chi connectivity index (χ0) is 15.7. The second kappa shape index (κ2) is 5.89. The number of benzene rings is 2. The molecule has 2 aromatic carbocycles. The van der Waals surface area contributed by atoms with Gasteiger partial charge in [0.25, 0.3) is 5.91 Å². The summed E-state index contributed by atoms with van der Waals surface area (Å²) in [7, 11) is 0. The van der Waals surface area contributed by atoms with Gasteiger partial charge < -0.3 is 5.32 Å². The second-order valence-electron chi connectivity index (χ2n) is 4.62. The van der Waals surface area contributed by atoms with E-state index >= 15 is 0 Å². The first kappa shape index (κ1) is 15.6. The minimum Gasteiger partial charge on any atom is -0.321 e. The molecule has 2 nitrogen and oxygen atoms in total. The molecule has 0 unspecified atom stereocenters. The average molecular weight is 358 g/mol. The number of aryl methyl sites for hydroxylation is 2. The Morgan fingerprint density at radius 1 is 1.00 bits per heavy atom. The van der Waals surface area contributed by atoms with Crippen LogP contribution >= 0.6 is 15.9 Å². The summed E-state index contributed by atoms with van der Waals surface area (Å²) in [6.45, 7) is 3.58. The number of anilines is 1. The van der Waals surface area contributed by atoms with Gasteiger partial charge in [-0.25, -0.2) is 13.2 Å². The number of carbonyl (C=O) groups excluding carboxylic acids is 1. The summed E-state index contributed by atoms with van der Waals surface area (Å²) in [5, 5.41) is 2.58. The molecule has 0 aromatic heterocycles. The van der Waals surface area contributed by atoms with E-state index < -0.39 is 23.4 Å². The summed E-state index contributed by atoms with van der Waals surface area (Å²) in [4.78, 5) is 12.0. The van der Waals surface area contributed by atoms with Crippen molar-refractivity contribution in [2.45, 2.75) is 13.8 Å². The first-order valence-corrected chi connectivity index (χ1v) is 6.81. The molecule has 110 valence electrons. The summed E-state index contributed by atoms with van der Waals surface area (Å²) >= 11 is 3.33. The Morgan fingerprint density at radius 2 is 1.48 bits per heavy atom. The third kappa shape index (κ3) is 3.26. The lowest BCUT2D eigenvalue weighted by atomic mass is 10.1. The predicted octanol–water partition coefficient (Wildman–Crippen LogP) is 4.74. The van der Waals surface area contributed by atoms with E-state index in [0.29, 0.717) is 17.8 Å². The van der Waals surface area contributed by atoms with E-state index in [2.05, 4.69) is 21.2 Å². The van der Waals surface area contributed by atoms with Gasteiger partial charge >= 0.3 is 0 Å². The van der Waals surface area contributed by atoms with E-state index in [4.69, 9.17) is 0 Å². The lowest BCUT2D eigenvalue weighted by Gasteiger charge is -2.12. The molecular weight excluding hydrogens is 347 g/mol. The average Bonchev–Trinajstić information content (AvgIpc) is 2.39. The molecule has 0 heterocycles. The van der Waals surface area contributed by atoms with Crippen LogP contribution in [0.5, 0.6) is 0 Å². The van der Waals surface area contributed by atoms with Gasteiger partial charge in [0.1, 0.15) is 0 Å². The maximum atomic E-state index is 13.1. The van der Waals surface area contributed by atoms with Gasteiger partial charge in [-0.3, -0.25) is 4.79 Å². The molecule has 0 aliphatic heterocycles. The summed E-state index contributed by atoms with van der Waals surface area (Å²) in [6, 6.07) is 4.93. The first-order chi connectivity index (χ1) is 9.79. The molecule has 6 heteroatoms. The maximum absolute atomic E-state index is 13.1. The van der Waals surface area contributed by atoms with Crippen LogP contribution < -0.4 is 5.32 Å². The van der Waals surface area contributed by atoms with Gasteiger partial charge in [-0.15, -0.1) is 0 Å². The van der Waals surface area contributed by atoms with Crippen molar-refractivity contribution in [1.29, 1.82) is 0 Å². The molecule has 0 atom stereocenters. The van der Waals surface area contributed by atoms with Gasteiger partial charge in [0.15, 0.2) is 17.5 Å². The summed E-state index contributed by atoms with van der Waals surface area (Å²) in [5.74, 6) is -5.10. The fraction of sp³-hybridized carbons (Fsp3) is 0.133. The Bertz CT molecular complexity index is 685. The molecule has 0 radical (unpaired) electrons. The number of rotatable bonds is 2. The molecule has 21 heavy (non-hydrogen) atoms. The normalized spacial score (nSPS) is 10.6. The molecular formula is C15H11BrF3NO. The van der Waals surface area contributed by atoms with Crippen LogP contribution in [0.3, 0.4) is 0 Å². The van der Waals surface area contributed by atoms with Crippen molar-refractivity contribution in [3.63, 3.8) is 0 Å². The molecule has 1 N–H and O–H groups in total. The van der Waals surface area contributed by atoms with Crippen molar-refractivity contribution in [2.24, 2.45) is 0 Å². The zero-order valence-electron chi connectivity index (χ0n) is 11.2. The zero-order valence-corrected chi connectivity index (χ0v) is 12.8. The van der Waals surface area contributed by atoms with E-state index in [1.165, 1.54) is 0 Å². The molecule has 0 saturated heterocycles. The summed E-state index contributed by atoms with van der Waals surface area (Å²) < 4.78 is 40.0. The fourth-order valence-corrected chi connectivity index (χ4v) is 2.67. The predicted molar refractivity (Wildman–Crippen MR) is 77.9 cm³/mol. The molecule has 0 aliphatic carbocycles. The number of nitrogens with one attached hydrogen (secondary N) is 1. The topological polar surface area (TPSA) is 29.1 Å². The van der Waals surface area contributed by atoms with Crippen LogP contribution in [0.15, 0.2) is 28.7 Å². The quantitative estimate of drug-likeness (QED) is 0.773. The Morgan fingerprint density at radius 3 is 1.95 bits per heavy atom. The van der Waals surface area contributed by atoms with Crippen LogP contribution in [0, 0.1) is 31.3 Å². The monoisotopic (exact) mass is 357 g/mol. The van der Waals surface area contributed by atoms with Crippen LogP contribution in [-0.2, 0) is 0 Å². The fourth-order valence-electron chi connectivity index (χ4n) is 1.98. The van der Waals surface area contributed by atoms with Crippen LogP contribution in [0.25, 0.3) is 0 Å². The van der Waals surface area contributed by atoms with E-state index in [0.717, 1.165) is 15.6 Å². The molecule has 0 bridgehead atoms. The van der Waals surface area contributed by atoms with Crippen LogP contribution in [-0.4, -0.2) is 5.91 Å². The van der Waals surface area contributed by atoms with Crippen molar-refractivity contribution in [2.75, 3.05) is 5.32 Å². The van der Waals surface area contributed by atoms with E-state index in [1.54, 1.807) is 26.0 Å². The third-order valence-electron chi connectivity index (χ3n) is 2.98. The SMILES string of the molecule is Cc1cc(Br)cc(C)c1NC(=O)c1cc(F)c(F)c(F)c1. The van der Waals surface area contributed by atoms with Crippen molar-refractivity contribution < 1.29 is 18.0 Å². The van der Waals surface area contributed by atoms with Gasteiger partial charge in [0, 0.05) is 15.7 Å². The largest absolute Gasteiger partial charge is 0.321 e. The number of hydrogen-bond donors (Lipinski definition) is 1. The van der Waals surface area contributed by atoms with Crippen molar-refractivity contribution in [1.82, 2.24) is 0 Å². The molecule has 0 aliphatic rings. The Balaban J connectivity index is 2.35. The van der Waals surface area contributed by atoms with Crippen LogP contribution in [0.4, 0.5) is 18.9 Å². The highest BCUT2D eigenvalue weighted by molar-refractivity contribution is 9.10. The number of halogens is 4. The van der Waals surface area contributed by atoms with E-state index in [1.807, 2.05) is 0 Å². The third-order valence-corrected chi connectivity index (χ3v) is 3.44. The molecule has 2 aromatic rings. The number of hydrogen-bond acceptors (Lipinski definition) is 1. The van der Waals surface area contributed by atoms with Crippen molar-refractivity contribution in [3.05, 3.63) is 62.9 Å². The highest BCUT2D eigenvalue weighted by Gasteiger charge is 2.16. The molecule has 1 amide bonds. The second-order valence-corrected chi connectivity index (χ2v) is 5.54. The van der Waals surface area contributed by atoms with Gasteiger partial charge in [-0.2, -0.15) is 0 Å². The maximum Gasteiger partial charge on any atom is 0.255 e. The molecule has 0 fully saturated rings. The van der Waals surface area contributed by atoms with Crippen molar-refractivity contribution in [3.8, 4) is 0 Å². The van der Waals surface area contributed by atoms with Gasteiger partial charge in [-0.05, 0) is 49.2 Å².